The van der Waals surface area contributed by atoms with Gasteiger partial charge in [0.1, 0.15) is 34.6 Å². The van der Waals surface area contributed by atoms with Crippen LogP contribution in [-0.4, -0.2) is 63.1 Å². The summed E-state index contributed by atoms with van der Waals surface area (Å²) in [6.45, 7) is 3.07. The number of nitrogens with one attached hydrogen (secondary N) is 2. The zero-order chi connectivity index (χ0) is 19.8. The number of hydrogen-bond acceptors (Lipinski definition) is 8. The highest BCUT2D eigenvalue weighted by molar-refractivity contribution is 6.01. The van der Waals surface area contributed by atoms with E-state index in [0.717, 1.165) is 49.0 Å². The van der Waals surface area contributed by atoms with Crippen molar-refractivity contribution < 1.29 is 10.2 Å². The summed E-state index contributed by atoms with van der Waals surface area (Å²) < 4.78 is 1.48. The van der Waals surface area contributed by atoms with E-state index in [1.165, 1.54) is 4.68 Å². The van der Waals surface area contributed by atoms with E-state index >= 15 is 0 Å². The lowest BCUT2D eigenvalue weighted by atomic mass is 10.1. The molecule has 9 nitrogen and oxygen atoms in total. The highest BCUT2D eigenvalue weighted by atomic mass is 16.3. The first-order valence-corrected chi connectivity index (χ1v) is 9.35. The van der Waals surface area contributed by atoms with Gasteiger partial charge in [-0.2, -0.15) is 0 Å². The molecule has 3 heterocycles. The molecule has 1 aromatic heterocycles. The van der Waals surface area contributed by atoms with Gasteiger partial charge in [0, 0.05) is 29.8 Å². The zero-order valence-corrected chi connectivity index (χ0v) is 15.5. The Hall–Kier alpha value is -3.88. The van der Waals surface area contributed by atoms with Gasteiger partial charge in [-0.25, -0.2) is 4.68 Å². The Morgan fingerprint density at radius 3 is 2.07 bits per heavy atom. The molecule has 2 aromatic carbocycles. The van der Waals surface area contributed by atoms with Gasteiger partial charge in [0.05, 0.1) is 19.3 Å². The van der Waals surface area contributed by atoms with E-state index in [9.17, 15) is 10.2 Å². The fourth-order valence-electron chi connectivity index (χ4n) is 3.45. The molecule has 0 atom stereocenters. The van der Waals surface area contributed by atoms with E-state index in [-0.39, 0.29) is 11.5 Å². The molecule has 0 spiro atoms. The third-order valence-corrected chi connectivity index (χ3v) is 4.88. The van der Waals surface area contributed by atoms with Crippen LogP contribution in [0.4, 0.5) is 0 Å². The van der Waals surface area contributed by atoms with Gasteiger partial charge in [-0.1, -0.05) is 11.3 Å². The van der Waals surface area contributed by atoms with Crippen LogP contribution in [0.5, 0.6) is 11.5 Å². The summed E-state index contributed by atoms with van der Waals surface area (Å²) in [5.41, 5.74) is 3.19. The molecule has 2 aliphatic rings. The van der Waals surface area contributed by atoms with Gasteiger partial charge >= 0.3 is 0 Å². The van der Waals surface area contributed by atoms with Crippen LogP contribution < -0.4 is 10.6 Å². The number of aliphatic imine (C=N–C) groups is 2. The topological polar surface area (TPSA) is 120 Å². The van der Waals surface area contributed by atoms with Crippen molar-refractivity contribution in [2.45, 2.75) is 0 Å². The molecule has 0 amide bonds. The summed E-state index contributed by atoms with van der Waals surface area (Å²) in [6.07, 6.45) is 1.67. The van der Waals surface area contributed by atoms with E-state index in [1.807, 2.05) is 12.1 Å². The van der Waals surface area contributed by atoms with Crippen molar-refractivity contribution in [1.29, 1.82) is 0 Å². The molecule has 0 saturated carbocycles. The number of nitrogens with zero attached hydrogens (tertiary/aromatic N) is 5. The zero-order valence-electron chi connectivity index (χ0n) is 15.5. The van der Waals surface area contributed by atoms with Gasteiger partial charge in [-0.3, -0.25) is 9.98 Å². The number of phenolic OH excluding ortho intramolecular Hbond substituents is 2. The van der Waals surface area contributed by atoms with Crippen LogP contribution in [0.2, 0.25) is 0 Å². The summed E-state index contributed by atoms with van der Waals surface area (Å²) in [5.74, 6) is 1.72. The molecule has 0 saturated heterocycles. The predicted octanol–water partition coefficient (Wildman–Crippen LogP) is 1.05. The highest BCUT2D eigenvalue weighted by Crippen LogP contribution is 2.30. The first kappa shape index (κ1) is 17.2. The Morgan fingerprint density at radius 2 is 1.48 bits per heavy atom. The lowest BCUT2D eigenvalue weighted by Gasteiger charge is -2.07. The maximum absolute atomic E-state index is 10.5. The second-order valence-electron chi connectivity index (χ2n) is 6.80. The van der Waals surface area contributed by atoms with Gasteiger partial charge < -0.3 is 20.8 Å². The first-order chi connectivity index (χ1) is 14.2. The molecular formula is C20H19N7O2. The Kier molecular flexibility index (Phi) is 4.12. The van der Waals surface area contributed by atoms with Crippen molar-refractivity contribution in [3.05, 3.63) is 53.7 Å². The van der Waals surface area contributed by atoms with Crippen LogP contribution in [0.15, 0.2) is 52.6 Å². The number of aromatic nitrogens is 3. The maximum atomic E-state index is 10.5. The van der Waals surface area contributed by atoms with E-state index < -0.39 is 0 Å². The minimum atomic E-state index is 0.0697. The summed E-state index contributed by atoms with van der Waals surface area (Å²) in [6, 6.07) is 10.6. The minimum Gasteiger partial charge on any atom is -0.507 e. The van der Waals surface area contributed by atoms with Gasteiger partial charge in [0.2, 0.25) is 0 Å². The second kappa shape index (κ2) is 6.93. The summed E-state index contributed by atoms with van der Waals surface area (Å²) in [4.78, 5) is 8.72. The van der Waals surface area contributed by atoms with Gasteiger partial charge in [-0.05, 0) is 30.3 Å². The average Bonchev–Trinajstić information content (AvgIpc) is 3.50. The molecule has 4 N–H and O–H groups in total. The Bertz CT molecular complexity index is 1060. The smallest absolute Gasteiger partial charge is 0.142 e. The highest BCUT2D eigenvalue weighted by Gasteiger charge is 2.16. The van der Waals surface area contributed by atoms with Gasteiger partial charge in [0.25, 0.3) is 0 Å². The molecule has 0 radical (unpaired) electrons. The maximum Gasteiger partial charge on any atom is 0.142 e. The summed E-state index contributed by atoms with van der Waals surface area (Å²) >= 11 is 0. The SMILES string of the molecule is Oc1cc(C2=NCCN2)ccc1-c1cn(-c2ccc(C3=NCCN3)cc2O)nn1. The monoisotopic (exact) mass is 389 g/mol. The Labute approximate surface area is 166 Å². The van der Waals surface area contributed by atoms with E-state index in [1.54, 1.807) is 30.5 Å². The number of phenols is 2. The fourth-order valence-corrected chi connectivity index (χ4v) is 3.45. The van der Waals surface area contributed by atoms with Crippen molar-refractivity contribution in [2.75, 3.05) is 26.2 Å². The van der Waals surface area contributed by atoms with Crippen LogP contribution in [-0.2, 0) is 0 Å². The number of hydrogen-bond donors (Lipinski definition) is 4. The third-order valence-electron chi connectivity index (χ3n) is 4.88. The lowest BCUT2D eigenvalue weighted by Crippen LogP contribution is -2.19. The second-order valence-corrected chi connectivity index (χ2v) is 6.80. The molecule has 146 valence electrons. The van der Waals surface area contributed by atoms with Gasteiger partial charge in [-0.15, -0.1) is 5.10 Å². The molecule has 29 heavy (non-hydrogen) atoms. The van der Waals surface area contributed by atoms with Gasteiger partial charge in [0.15, 0.2) is 0 Å². The minimum absolute atomic E-state index is 0.0697. The van der Waals surface area contributed by atoms with Crippen LogP contribution in [0.3, 0.4) is 0 Å². The van der Waals surface area contributed by atoms with Crippen molar-refractivity contribution in [3.63, 3.8) is 0 Å². The van der Waals surface area contributed by atoms with E-state index in [4.69, 9.17) is 0 Å². The third kappa shape index (κ3) is 3.16. The molecule has 5 rings (SSSR count). The fraction of sp³-hybridized carbons (Fsp3) is 0.200. The van der Waals surface area contributed by atoms with Crippen LogP contribution >= 0.6 is 0 Å². The number of aromatic hydroxyl groups is 2. The Balaban J connectivity index is 1.43. The normalized spacial score (nSPS) is 15.6. The molecule has 0 fully saturated rings. The van der Waals surface area contributed by atoms with Crippen LogP contribution in [0.25, 0.3) is 16.9 Å². The van der Waals surface area contributed by atoms with Crippen LogP contribution in [0, 0.1) is 0 Å². The van der Waals surface area contributed by atoms with Crippen molar-refractivity contribution in [2.24, 2.45) is 9.98 Å². The lowest BCUT2D eigenvalue weighted by molar-refractivity contribution is 0.469. The van der Waals surface area contributed by atoms with Crippen molar-refractivity contribution >= 4 is 11.7 Å². The summed E-state index contributed by atoms with van der Waals surface area (Å²) in [5, 5.41) is 35.5. The number of benzene rings is 2. The number of amidine groups is 2. The molecule has 0 unspecified atom stereocenters. The quantitative estimate of drug-likeness (QED) is 0.529. The molecule has 0 aliphatic carbocycles. The molecule has 2 aliphatic heterocycles. The first-order valence-electron chi connectivity index (χ1n) is 9.35. The standard InChI is InChI=1S/C20H19N7O2/c28-17-9-12(19-21-5-6-22-19)1-3-14(17)15-11-27(26-25-15)16-4-2-13(10-18(16)29)20-23-7-8-24-20/h1-4,9-11,28-29H,5-8H2,(H,21,22)(H,23,24). The van der Waals surface area contributed by atoms with E-state index in [0.29, 0.717) is 16.9 Å². The number of rotatable bonds is 4. The van der Waals surface area contributed by atoms with Crippen molar-refractivity contribution in [1.82, 2.24) is 25.6 Å². The molecular weight excluding hydrogens is 370 g/mol. The van der Waals surface area contributed by atoms with E-state index in [2.05, 4.69) is 30.9 Å². The largest absolute Gasteiger partial charge is 0.507 e. The predicted molar refractivity (Wildman–Crippen MR) is 109 cm³/mol. The molecule has 9 heteroatoms. The Morgan fingerprint density at radius 1 is 0.828 bits per heavy atom. The molecule has 0 bridgehead atoms. The van der Waals surface area contributed by atoms with Crippen molar-refractivity contribution in [3.8, 4) is 28.4 Å². The summed E-state index contributed by atoms with van der Waals surface area (Å²) in [7, 11) is 0. The van der Waals surface area contributed by atoms with Crippen LogP contribution in [0.1, 0.15) is 11.1 Å². The average molecular weight is 389 g/mol. The molecule has 3 aromatic rings.